The molecule has 1 aromatic heterocycles. The van der Waals surface area contributed by atoms with Gasteiger partial charge in [-0.05, 0) is 24.3 Å². The van der Waals surface area contributed by atoms with Gasteiger partial charge in [0.15, 0.2) is 0 Å². The van der Waals surface area contributed by atoms with Crippen molar-refractivity contribution in [1.82, 2.24) is 4.98 Å². The first-order chi connectivity index (χ1) is 10.2. The minimum atomic E-state index is -0.224. The third-order valence-corrected chi connectivity index (χ3v) is 3.58. The topological polar surface area (TPSA) is 54.1 Å². The van der Waals surface area contributed by atoms with Gasteiger partial charge in [-0.3, -0.25) is 4.79 Å². The highest BCUT2D eigenvalue weighted by molar-refractivity contribution is 6.34. The molecule has 106 valence electrons. The first-order valence-corrected chi connectivity index (χ1v) is 6.78. The number of ether oxygens (including phenoxy) is 1. The van der Waals surface area contributed by atoms with Gasteiger partial charge in [0.25, 0.3) is 5.91 Å². The first-order valence-electron chi connectivity index (χ1n) is 6.40. The molecule has 0 atom stereocenters. The van der Waals surface area contributed by atoms with E-state index in [-0.39, 0.29) is 5.91 Å². The lowest BCUT2D eigenvalue weighted by atomic mass is 10.1. The molecule has 4 nitrogen and oxygen atoms in total. The summed E-state index contributed by atoms with van der Waals surface area (Å²) >= 11 is 6.10. The van der Waals surface area contributed by atoms with Gasteiger partial charge < -0.3 is 15.0 Å². The Morgan fingerprint density at radius 2 is 2.10 bits per heavy atom. The van der Waals surface area contributed by atoms with Gasteiger partial charge in [0.05, 0.1) is 28.9 Å². The number of benzene rings is 2. The van der Waals surface area contributed by atoms with Crippen molar-refractivity contribution in [2.75, 3.05) is 12.4 Å². The van der Waals surface area contributed by atoms with E-state index in [4.69, 9.17) is 16.3 Å². The summed E-state index contributed by atoms with van der Waals surface area (Å²) in [6.45, 7) is 0. The molecule has 0 radical (unpaired) electrons. The molecule has 0 saturated heterocycles. The van der Waals surface area contributed by atoms with Gasteiger partial charge in [-0.25, -0.2) is 0 Å². The number of para-hydroxylation sites is 1. The highest BCUT2D eigenvalue weighted by Crippen LogP contribution is 2.27. The lowest BCUT2D eigenvalue weighted by molar-refractivity contribution is 0.102. The highest BCUT2D eigenvalue weighted by Gasteiger charge is 2.13. The first kappa shape index (κ1) is 13.5. The lowest BCUT2D eigenvalue weighted by Crippen LogP contribution is -2.12. The number of aromatic amines is 1. The summed E-state index contributed by atoms with van der Waals surface area (Å²) < 4.78 is 5.14. The van der Waals surface area contributed by atoms with Crippen molar-refractivity contribution >= 4 is 34.1 Å². The smallest absolute Gasteiger partial charge is 0.257 e. The molecule has 0 unspecified atom stereocenters. The van der Waals surface area contributed by atoms with E-state index in [0.717, 1.165) is 10.9 Å². The van der Waals surface area contributed by atoms with E-state index in [2.05, 4.69) is 10.3 Å². The fourth-order valence-electron chi connectivity index (χ4n) is 2.19. The van der Waals surface area contributed by atoms with Crippen LogP contribution in [0.1, 0.15) is 10.4 Å². The van der Waals surface area contributed by atoms with E-state index in [1.807, 2.05) is 18.2 Å². The number of rotatable bonds is 3. The maximum absolute atomic E-state index is 12.4. The number of halogens is 1. The molecule has 3 aromatic rings. The summed E-state index contributed by atoms with van der Waals surface area (Å²) in [5.74, 6) is 0.408. The van der Waals surface area contributed by atoms with Crippen molar-refractivity contribution in [1.29, 1.82) is 0 Å². The summed E-state index contributed by atoms with van der Waals surface area (Å²) in [6.07, 6.45) is 1.81. The lowest BCUT2D eigenvalue weighted by Gasteiger charge is -2.09. The van der Waals surface area contributed by atoms with Gasteiger partial charge in [-0.1, -0.05) is 23.7 Å². The molecule has 5 heteroatoms. The van der Waals surface area contributed by atoms with Crippen molar-refractivity contribution in [3.05, 3.63) is 59.2 Å². The molecule has 0 spiro atoms. The number of H-pyrrole nitrogens is 1. The number of amides is 1. The van der Waals surface area contributed by atoms with Crippen LogP contribution in [0.4, 0.5) is 5.69 Å². The molecular formula is C16H13ClN2O2. The fourth-order valence-corrected chi connectivity index (χ4v) is 2.36. The SMILES string of the molecule is COc1ccc(Cl)c(NC(=O)c2cccc3cc[nH]c23)c1. The Morgan fingerprint density at radius 1 is 1.24 bits per heavy atom. The maximum atomic E-state index is 12.4. The maximum Gasteiger partial charge on any atom is 0.257 e. The monoisotopic (exact) mass is 300 g/mol. The van der Waals surface area contributed by atoms with Crippen molar-refractivity contribution in [3.63, 3.8) is 0 Å². The van der Waals surface area contributed by atoms with Crippen molar-refractivity contribution in [2.24, 2.45) is 0 Å². The molecule has 2 aromatic carbocycles. The van der Waals surface area contributed by atoms with E-state index < -0.39 is 0 Å². The molecule has 1 amide bonds. The minimum Gasteiger partial charge on any atom is -0.497 e. The van der Waals surface area contributed by atoms with Crippen molar-refractivity contribution in [2.45, 2.75) is 0 Å². The zero-order valence-corrected chi connectivity index (χ0v) is 12.1. The van der Waals surface area contributed by atoms with E-state index in [0.29, 0.717) is 22.0 Å². The zero-order chi connectivity index (χ0) is 14.8. The number of methoxy groups -OCH3 is 1. The summed E-state index contributed by atoms with van der Waals surface area (Å²) in [7, 11) is 1.56. The predicted octanol–water partition coefficient (Wildman–Crippen LogP) is 4.08. The number of anilines is 1. The number of nitrogens with one attached hydrogen (secondary N) is 2. The standard InChI is InChI=1S/C16H13ClN2O2/c1-21-11-5-6-13(17)14(9-11)19-16(20)12-4-2-3-10-7-8-18-15(10)12/h2-9,18H,1H3,(H,19,20). The van der Waals surface area contributed by atoms with Crippen LogP contribution in [-0.4, -0.2) is 18.0 Å². The second-order valence-corrected chi connectivity index (χ2v) is 4.95. The van der Waals surface area contributed by atoms with Gasteiger partial charge in [-0.15, -0.1) is 0 Å². The molecule has 1 heterocycles. The molecule has 0 saturated carbocycles. The molecule has 0 aliphatic heterocycles. The molecule has 0 fully saturated rings. The molecule has 0 aliphatic rings. The Labute approximate surface area is 126 Å². The summed E-state index contributed by atoms with van der Waals surface area (Å²) in [4.78, 5) is 15.5. The Morgan fingerprint density at radius 3 is 2.90 bits per heavy atom. The highest BCUT2D eigenvalue weighted by atomic mass is 35.5. The van der Waals surface area contributed by atoms with Crippen LogP contribution in [0.5, 0.6) is 5.75 Å². The van der Waals surface area contributed by atoms with Crippen LogP contribution in [0.2, 0.25) is 5.02 Å². The Kier molecular flexibility index (Phi) is 3.54. The molecule has 0 bridgehead atoms. The molecule has 2 N–H and O–H groups in total. The summed E-state index contributed by atoms with van der Waals surface area (Å²) in [6, 6.07) is 12.6. The Hall–Kier alpha value is -2.46. The van der Waals surface area contributed by atoms with Crippen LogP contribution in [-0.2, 0) is 0 Å². The Bertz CT molecular complexity index is 811. The minimum absolute atomic E-state index is 0.224. The number of aromatic nitrogens is 1. The van der Waals surface area contributed by atoms with Crippen LogP contribution in [0.3, 0.4) is 0 Å². The Balaban J connectivity index is 1.95. The summed E-state index contributed by atoms with van der Waals surface area (Å²) in [5.41, 5.74) is 1.88. The quantitative estimate of drug-likeness (QED) is 0.765. The number of fused-ring (bicyclic) bond motifs is 1. The predicted molar refractivity (Wildman–Crippen MR) is 84.3 cm³/mol. The number of hydrogen-bond donors (Lipinski definition) is 2. The van der Waals surface area contributed by atoms with Gasteiger partial charge in [0.1, 0.15) is 5.75 Å². The molecule has 0 aliphatic carbocycles. The van der Waals surface area contributed by atoms with Gasteiger partial charge in [-0.2, -0.15) is 0 Å². The second-order valence-electron chi connectivity index (χ2n) is 4.55. The van der Waals surface area contributed by atoms with Crippen molar-refractivity contribution < 1.29 is 9.53 Å². The van der Waals surface area contributed by atoms with Gasteiger partial charge in [0.2, 0.25) is 0 Å². The van der Waals surface area contributed by atoms with Crippen LogP contribution in [0.25, 0.3) is 10.9 Å². The average molecular weight is 301 g/mol. The average Bonchev–Trinajstić information content (AvgIpc) is 2.97. The molecule has 21 heavy (non-hydrogen) atoms. The number of carbonyl (C=O) groups excluding carboxylic acids is 1. The molecular weight excluding hydrogens is 288 g/mol. The zero-order valence-electron chi connectivity index (χ0n) is 11.3. The number of hydrogen-bond acceptors (Lipinski definition) is 2. The third kappa shape index (κ3) is 2.58. The van der Waals surface area contributed by atoms with Crippen LogP contribution in [0, 0.1) is 0 Å². The third-order valence-electron chi connectivity index (χ3n) is 3.25. The van der Waals surface area contributed by atoms with E-state index in [1.165, 1.54) is 0 Å². The van der Waals surface area contributed by atoms with Gasteiger partial charge >= 0.3 is 0 Å². The fraction of sp³-hybridized carbons (Fsp3) is 0.0625. The van der Waals surface area contributed by atoms with Crippen LogP contribution in [0.15, 0.2) is 48.7 Å². The van der Waals surface area contributed by atoms with E-state index in [1.54, 1.807) is 37.6 Å². The van der Waals surface area contributed by atoms with Crippen LogP contribution >= 0.6 is 11.6 Å². The number of carbonyl (C=O) groups is 1. The van der Waals surface area contributed by atoms with E-state index in [9.17, 15) is 4.79 Å². The van der Waals surface area contributed by atoms with Crippen molar-refractivity contribution in [3.8, 4) is 5.75 Å². The normalized spacial score (nSPS) is 10.6. The summed E-state index contributed by atoms with van der Waals surface area (Å²) in [5, 5.41) is 4.26. The molecule has 3 rings (SSSR count). The van der Waals surface area contributed by atoms with Gasteiger partial charge in [0, 0.05) is 17.6 Å². The van der Waals surface area contributed by atoms with E-state index >= 15 is 0 Å². The van der Waals surface area contributed by atoms with Crippen LogP contribution < -0.4 is 10.1 Å². The largest absolute Gasteiger partial charge is 0.497 e. The second kappa shape index (κ2) is 5.50.